The number of ether oxygens (including phenoxy) is 1. The van der Waals surface area contributed by atoms with Crippen molar-refractivity contribution in [3.63, 3.8) is 0 Å². The maximum Gasteiger partial charge on any atom is 0.145 e. The number of ketones is 1. The number of hydrogen-bond donors (Lipinski definition) is 0. The van der Waals surface area contributed by atoms with Crippen molar-refractivity contribution >= 4 is 17.1 Å². The third-order valence-electron chi connectivity index (χ3n) is 16.2. The Morgan fingerprint density at radius 2 is 1.65 bits per heavy atom. The van der Waals surface area contributed by atoms with Crippen LogP contribution in [0.5, 0.6) is 0 Å². The van der Waals surface area contributed by atoms with Gasteiger partial charge in [0, 0.05) is 21.6 Å². The van der Waals surface area contributed by atoms with E-state index in [0.29, 0.717) is 51.3 Å². The first-order valence-corrected chi connectivity index (χ1v) is 17.6. The van der Waals surface area contributed by atoms with Gasteiger partial charge in [0.25, 0.3) is 0 Å². The van der Waals surface area contributed by atoms with E-state index in [9.17, 15) is 4.79 Å². The number of thiazole rings is 1. The van der Waals surface area contributed by atoms with Gasteiger partial charge in [-0.1, -0.05) is 48.5 Å². The highest BCUT2D eigenvalue weighted by Gasteiger charge is 2.77. The minimum Gasteiger partial charge on any atom is -0.377 e. The van der Waals surface area contributed by atoms with Crippen molar-refractivity contribution in [3.8, 4) is 0 Å². The lowest BCUT2D eigenvalue weighted by Crippen LogP contribution is -2.68. The van der Waals surface area contributed by atoms with Crippen molar-refractivity contribution in [1.29, 1.82) is 0 Å². The molecular formula is C36H53NO2S. The van der Waals surface area contributed by atoms with Crippen molar-refractivity contribution < 1.29 is 9.53 Å². The lowest BCUT2D eigenvalue weighted by molar-refractivity contribution is -0.244. The number of nitrogens with zero attached hydrogens (tertiary/aromatic N) is 1. The monoisotopic (exact) mass is 563 g/mol. The van der Waals surface area contributed by atoms with E-state index < -0.39 is 0 Å². The fourth-order valence-electron chi connectivity index (χ4n) is 14.1. The Morgan fingerprint density at radius 3 is 2.38 bits per heavy atom. The Kier molecular flexibility index (Phi) is 5.14. The zero-order valence-corrected chi connectivity index (χ0v) is 27.3. The minimum absolute atomic E-state index is 0.154. The van der Waals surface area contributed by atoms with E-state index in [2.05, 4.69) is 60.4 Å². The van der Waals surface area contributed by atoms with Gasteiger partial charge in [0.1, 0.15) is 5.78 Å². The molecule has 2 bridgehead atoms. The summed E-state index contributed by atoms with van der Waals surface area (Å²) in [5, 5.41) is 0. The average Bonchev–Trinajstić information content (AvgIpc) is 3.23. The topological polar surface area (TPSA) is 39.2 Å². The van der Waals surface area contributed by atoms with E-state index in [-0.39, 0.29) is 16.2 Å². The predicted octanol–water partition coefficient (Wildman–Crippen LogP) is 8.99. The summed E-state index contributed by atoms with van der Waals surface area (Å²) in [5.74, 6) is 3.73. The molecule has 3 nitrogen and oxygen atoms in total. The number of carbonyl (C=O) groups is 1. The van der Waals surface area contributed by atoms with Gasteiger partial charge in [-0.3, -0.25) is 4.79 Å². The van der Waals surface area contributed by atoms with Gasteiger partial charge in [-0.2, -0.15) is 0 Å². The molecule has 7 fully saturated rings. The van der Waals surface area contributed by atoms with Crippen LogP contribution in [0, 0.1) is 68.5 Å². The maximum atomic E-state index is 14.4. The first-order valence-electron chi connectivity index (χ1n) is 16.7. The summed E-state index contributed by atoms with van der Waals surface area (Å²) in [5.41, 5.74) is 4.46. The number of rotatable bonds is 1. The normalized spacial score (nSPS) is 55.2. The van der Waals surface area contributed by atoms with E-state index in [0.717, 1.165) is 37.0 Å². The molecule has 0 aromatic carbocycles. The molecule has 1 aromatic heterocycles. The number of hydrogen-bond acceptors (Lipinski definition) is 4. The highest BCUT2D eigenvalue weighted by molar-refractivity contribution is 7.09. The van der Waals surface area contributed by atoms with Crippen LogP contribution >= 0.6 is 11.3 Å². The Balaban J connectivity index is 1.19. The highest BCUT2D eigenvalue weighted by Crippen LogP contribution is 2.81. The first-order chi connectivity index (χ1) is 18.7. The smallest absolute Gasteiger partial charge is 0.145 e. The zero-order valence-electron chi connectivity index (χ0n) is 26.5. The summed E-state index contributed by atoms with van der Waals surface area (Å²) in [6, 6.07) is 0. The van der Waals surface area contributed by atoms with Gasteiger partial charge in [0.05, 0.1) is 23.9 Å². The molecule has 11 atom stereocenters. The van der Waals surface area contributed by atoms with Crippen LogP contribution in [0.1, 0.15) is 129 Å². The summed E-state index contributed by atoms with van der Waals surface area (Å²) < 4.78 is 6.79. The molecule has 40 heavy (non-hydrogen) atoms. The van der Waals surface area contributed by atoms with Gasteiger partial charge in [0.2, 0.25) is 0 Å². The number of aryl methyl sites for hydroxylation is 1. The van der Waals surface area contributed by atoms with Gasteiger partial charge in [0.15, 0.2) is 0 Å². The number of carbonyl (C=O) groups excluding carboxylic acids is 1. The zero-order chi connectivity index (χ0) is 28.3. The summed E-state index contributed by atoms with van der Waals surface area (Å²) in [6.07, 6.45) is 13.4. The fraction of sp³-hybridized carbons (Fsp3) is 0.889. The second-order valence-electron chi connectivity index (χ2n) is 18.2. The molecule has 6 saturated carbocycles. The minimum atomic E-state index is -0.240. The molecule has 1 aliphatic heterocycles. The molecule has 1 aromatic rings. The molecule has 6 aliphatic carbocycles. The Morgan fingerprint density at radius 1 is 0.900 bits per heavy atom. The average molecular weight is 564 g/mol. The van der Waals surface area contributed by atoms with Gasteiger partial charge in [-0.25, -0.2) is 4.98 Å². The van der Waals surface area contributed by atoms with Crippen LogP contribution in [0.4, 0.5) is 0 Å². The number of aromatic nitrogens is 1. The van der Waals surface area contributed by atoms with Gasteiger partial charge < -0.3 is 4.74 Å². The molecule has 0 radical (unpaired) electrons. The van der Waals surface area contributed by atoms with E-state index in [1.54, 1.807) is 11.3 Å². The Hall–Kier alpha value is -0.740. The second kappa shape index (κ2) is 7.66. The lowest BCUT2D eigenvalue weighted by Gasteiger charge is -2.73. The van der Waals surface area contributed by atoms with Crippen LogP contribution in [-0.4, -0.2) is 23.5 Å². The van der Waals surface area contributed by atoms with Crippen molar-refractivity contribution in [2.45, 2.75) is 132 Å². The standard InChI is InChI=1S/C36H53NO2S/c1-21-27(40-20-37-21)23-17-36(23)18-32(6)24(31(4,5)29(36)38)11-12-34(8)25(32)10-9-22-26-28-30(2,3)13-15-35(26,19-39-28)16-14-33(22,34)7/h20,22-26,28H,9-19H2,1-8H3. The van der Waals surface area contributed by atoms with E-state index in [1.807, 2.05) is 5.51 Å². The molecule has 7 aliphatic rings. The van der Waals surface area contributed by atoms with Crippen LogP contribution in [0.2, 0.25) is 0 Å². The molecule has 4 heteroatoms. The molecule has 8 rings (SSSR count). The lowest BCUT2D eigenvalue weighted by atomic mass is 9.31. The molecule has 0 amide bonds. The number of Topliss-reactive ketones (excluding diaryl/α,β-unsaturated/α-hetero) is 1. The largest absolute Gasteiger partial charge is 0.377 e. The second-order valence-corrected chi connectivity index (χ2v) is 19.1. The third kappa shape index (κ3) is 2.89. The predicted molar refractivity (Wildman–Crippen MR) is 161 cm³/mol. The van der Waals surface area contributed by atoms with E-state index in [1.165, 1.54) is 56.2 Å². The molecule has 1 saturated heterocycles. The van der Waals surface area contributed by atoms with Crippen LogP contribution in [0.25, 0.3) is 0 Å². The Bertz CT molecular complexity index is 1280. The summed E-state index contributed by atoms with van der Waals surface area (Å²) in [4.78, 5) is 20.4. The summed E-state index contributed by atoms with van der Waals surface area (Å²) in [6.45, 7) is 21.0. The van der Waals surface area contributed by atoms with Gasteiger partial charge >= 0.3 is 0 Å². The molecular weight excluding hydrogens is 510 g/mol. The van der Waals surface area contributed by atoms with Gasteiger partial charge in [-0.15, -0.1) is 11.3 Å². The highest BCUT2D eigenvalue weighted by atomic mass is 32.1. The van der Waals surface area contributed by atoms with Crippen molar-refractivity contribution in [2.24, 2.45) is 61.6 Å². The summed E-state index contributed by atoms with van der Waals surface area (Å²) in [7, 11) is 0. The number of fused-ring (bicyclic) bond motifs is 5. The Labute approximate surface area is 247 Å². The van der Waals surface area contributed by atoms with Crippen molar-refractivity contribution in [3.05, 3.63) is 16.1 Å². The molecule has 11 unspecified atom stereocenters. The van der Waals surface area contributed by atoms with E-state index in [4.69, 9.17) is 4.74 Å². The van der Waals surface area contributed by atoms with Gasteiger partial charge in [-0.05, 0) is 122 Å². The molecule has 2 heterocycles. The van der Waals surface area contributed by atoms with Crippen LogP contribution in [0.15, 0.2) is 5.51 Å². The SMILES string of the molecule is Cc1ncsc1C1CC12CC1(C)C(CCC3(C)C1CCC1C4C5OCC4(CCC5(C)C)CCC13C)C(C)(C)C2=O. The molecule has 1 spiro atoms. The van der Waals surface area contributed by atoms with Crippen molar-refractivity contribution in [1.82, 2.24) is 4.98 Å². The quantitative estimate of drug-likeness (QED) is 0.342. The van der Waals surface area contributed by atoms with Crippen molar-refractivity contribution in [2.75, 3.05) is 6.61 Å². The maximum absolute atomic E-state index is 14.4. The fourth-order valence-corrected chi connectivity index (χ4v) is 15.1. The van der Waals surface area contributed by atoms with Crippen LogP contribution in [0.3, 0.4) is 0 Å². The summed E-state index contributed by atoms with van der Waals surface area (Å²) >= 11 is 1.80. The van der Waals surface area contributed by atoms with Crippen LogP contribution in [-0.2, 0) is 9.53 Å². The first kappa shape index (κ1) is 26.9. The molecule has 220 valence electrons. The third-order valence-corrected chi connectivity index (χ3v) is 17.2. The van der Waals surface area contributed by atoms with Crippen LogP contribution < -0.4 is 0 Å². The van der Waals surface area contributed by atoms with E-state index >= 15 is 0 Å². The molecule has 0 N–H and O–H groups in total.